The van der Waals surface area contributed by atoms with E-state index in [4.69, 9.17) is 11.5 Å². The third-order valence-corrected chi connectivity index (χ3v) is 5.94. The van der Waals surface area contributed by atoms with Crippen molar-refractivity contribution in [3.05, 3.63) is 29.8 Å². The number of primary amides is 1. The molecule has 1 aromatic carbocycles. The minimum atomic E-state index is -1.36. The van der Waals surface area contributed by atoms with E-state index in [0.29, 0.717) is 11.3 Å². The molecule has 200 valence electrons. The number of phenolic OH excluding ortho intramolecular Hbond substituents is 1. The summed E-state index contributed by atoms with van der Waals surface area (Å²) in [5, 5.41) is 26.3. The Hall–Kier alpha value is -3.32. The van der Waals surface area contributed by atoms with Crippen LogP contribution in [-0.2, 0) is 30.4 Å². The van der Waals surface area contributed by atoms with Gasteiger partial charge < -0.3 is 37.6 Å². The SMILES string of the molecule is CSCCC(NC(=O)C(CC(N)=O)NC(=O)C(N)C(C)C)C(=O)NC(Cc1ccc(O)cc1)C(=O)O. The highest BCUT2D eigenvalue weighted by molar-refractivity contribution is 7.98. The van der Waals surface area contributed by atoms with E-state index >= 15 is 0 Å². The van der Waals surface area contributed by atoms with Crippen molar-refractivity contribution < 1.29 is 34.2 Å². The number of aromatic hydroxyl groups is 1. The molecule has 9 N–H and O–H groups in total. The second-order valence-corrected chi connectivity index (χ2v) is 9.60. The third-order valence-electron chi connectivity index (χ3n) is 5.29. The molecular weight excluding hydrogens is 490 g/mol. The number of amides is 4. The summed E-state index contributed by atoms with van der Waals surface area (Å²) in [4.78, 5) is 61.5. The Balaban J connectivity index is 3.01. The van der Waals surface area contributed by atoms with Crippen LogP contribution in [-0.4, -0.2) is 76.0 Å². The predicted octanol–water partition coefficient (Wildman–Crippen LogP) is -0.914. The molecule has 0 aliphatic heterocycles. The monoisotopic (exact) mass is 525 g/mol. The first-order valence-electron chi connectivity index (χ1n) is 11.3. The number of carbonyl (C=O) groups is 5. The largest absolute Gasteiger partial charge is 0.508 e. The lowest BCUT2D eigenvalue weighted by molar-refractivity contribution is -0.142. The molecule has 4 amide bonds. The fourth-order valence-electron chi connectivity index (χ4n) is 3.10. The molecule has 1 aromatic rings. The van der Waals surface area contributed by atoms with Crippen molar-refractivity contribution >= 4 is 41.4 Å². The number of rotatable bonds is 15. The second kappa shape index (κ2) is 14.9. The fourth-order valence-corrected chi connectivity index (χ4v) is 3.57. The van der Waals surface area contributed by atoms with Crippen LogP contribution >= 0.6 is 11.8 Å². The molecule has 0 saturated heterocycles. The maximum atomic E-state index is 13.0. The molecule has 0 fully saturated rings. The third kappa shape index (κ3) is 10.5. The number of nitrogens with two attached hydrogens (primary N) is 2. The van der Waals surface area contributed by atoms with Crippen LogP contribution in [0.1, 0.15) is 32.3 Å². The molecule has 0 saturated carbocycles. The number of nitrogens with one attached hydrogen (secondary N) is 3. The lowest BCUT2D eigenvalue weighted by Gasteiger charge is -2.25. The van der Waals surface area contributed by atoms with Gasteiger partial charge in [0.25, 0.3) is 0 Å². The Labute approximate surface area is 213 Å². The molecule has 0 aliphatic carbocycles. The van der Waals surface area contributed by atoms with Gasteiger partial charge in [0.05, 0.1) is 12.5 Å². The van der Waals surface area contributed by atoms with E-state index < -0.39 is 60.2 Å². The quantitative estimate of drug-likeness (QED) is 0.151. The highest BCUT2D eigenvalue weighted by Gasteiger charge is 2.31. The summed E-state index contributed by atoms with van der Waals surface area (Å²) in [5.41, 5.74) is 11.6. The lowest BCUT2D eigenvalue weighted by Crippen LogP contribution is -2.58. The van der Waals surface area contributed by atoms with Gasteiger partial charge in [0.2, 0.25) is 23.6 Å². The number of carbonyl (C=O) groups excluding carboxylic acids is 4. The molecular formula is C23H35N5O7S. The van der Waals surface area contributed by atoms with Crippen LogP contribution in [0.5, 0.6) is 5.75 Å². The van der Waals surface area contributed by atoms with Gasteiger partial charge in [0.15, 0.2) is 0 Å². The van der Waals surface area contributed by atoms with Crippen LogP contribution in [0.2, 0.25) is 0 Å². The maximum Gasteiger partial charge on any atom is 0.326 e. The van der Waals surface area contributed by atoms with E-state index in [2.05, 4.69) is 16.0 Å². The van der Waals surface area contributed by atoms with E-state index in [1.165, 1.54) is 36.0 Å². The van der Waals surface area contributed by atoms with Gasteiger partial charge in [-0.05, 0) is 42.0 Å². The average Bonchev–Trinajstić information content (AvgIpc) is 2.80. The minimum absolute atomic E-state index is 0.0152. The first-order chi connectivity index (χ1) is 16.8. The summed E-state index contributed by atoms with van der Waals surface area (Å²) in [6.07, 6.45) is 1.38. The van der Waals surface area contributed by atoms with Gasteiger partial charge in [-0.2, -0.15) is 11.8 Å². The van der Waals surface area contributed by atoms with Gasteiger partial charge in [0, 0.05) is 6.42 Å². The molecule has 4 unspecified atom stereocenters. The summed E-state index contributed by atoms with van der Waals surface area (Å²) < 4.78 is 0. The number of thioether (sulfide) groups is 1. The summed E-state index contributed by atoms with van der Waals surface area (Å²) in [6.45, 7) is 3.43. The summed E-state index contributed by atoms with van der Waals surface area (Å²) in [5.74, 6) is -4.12. The van der Waals surface area contributed by atoms with Gasteiger partial charge in [0.1, 0.15) is 23.9 Å². The van der Waals surface area contributed by atoms with Crippen molar-refractivity contribution in [3.63, 3.8) is 0 Å². The van der Waals surface area contributed by atoms with Crippen LogP contribution in [0.25, 0.3) is 0 Å². The lowest BCUT2D eigenvalue weighted by atomic mass is 10.0. The molecule has 0 aromatic heterocycles. The summed E-state index contributed by atoms with van der Waals surface area (Å²) in [7, 11) is 0. The van der Waals surface area contributed by atoms with E-state index in [9.17, 15) is 34.2 Å². The van der Waals surface area contributed by atoms with Crippen LogP contribution in [0.4, 0.5) is 0 Å². The molecule has 0 heterocycles. The van der Waals surface area contributed by atoms with Gasteiger partial charge in [-0.3, -0.25) is 19.2 Å². The smallest absolute Gasteiger partial charge is 0.326 e. The number of aliphatic carboxylic acids is 1. The summed E-state index contributed by atoms with van der Waals surface area (Å²) >= 11 is 1.41. The molecule has 0 aliphatic rings. The second-order valence-electron chi connectivity index (χ2n) is 8.61. The van der Waals surface area contributed by atoms with Crippen LogP contribution in [0.15, 0.2) is 24.3 Å². The highest BCUT2D eigenvalue weighted by atomic mass is 32.2. The van der Waals surface area contributed by atoms with Crippen LogP contribution in [0.3, 0.4) is 0 Å². The highest BCUT2D eigenvalue weighted by Crippen LogP contribution is 2.12. The number of benzene rings is 1. The van der Waals surface area contributed by atoms with Gasteiger partial charge in [-0.15, -0.1) is 0 Å². The van der Waals surface area contributed by atoms with Gasteiger partial charge in [-0.25, -0.2) is 4.79 Å². The molecule has 4 atom stereocenters. The van der Waals surface area contributed by atoms with E-state index in [0.717, 1.165) is 0 Å². The Morgan fingerprint density at radius 3 is 1.94 bits per heavy atom. The molecule has 0 radical (unpaired) electrons. The van der Waals surface area contributed by atoms with Crippen LogP contribution in [0, 0.1) is 5.92 Å². The topological polar surface area (TPSA) is 214 Å². The molecule has 0 spiro atoms. The zero-order valence-electron chi connectivity index (χ0n) is 20.5. The Morgan fingerprint density at radius 2 is 1.44 bits per heavy atom. The van der Waals surface area contributed by atoms with Gasteiger partial charge in [-0.1, -0.05) is 26.0 Å². The first-order valence-corrected chi connectivity index (χ1v) is 12.7. The molecule has 1 rings (SSSR count). The predicted molar refractivity (Wildman–Crippen MR) is 135 cm³/mol. The van der Waals surface area contributed by atoms with Crippen LogP contribution < -0.4 is 27.4 Å². The zero-order chi connectivity index (χ0) is 27.4. The molecule has 13 heteroatoms. The van der Waals surface area contributed by atoms with E-state index in [1.54, 1.807) is 20.1 Å². The summed E-state index contributed by atoms with van der Waals surface area (Å²) in [6, 6.07) is 1.12. The zero-order valence-corrected chi connectivity index (χ0v) is 21.3. The standard InChI is InChI=1S/C23H35N5O7S/c1-12(2)19(25)22(33)27-16(11-18(24)30)21(32)26-15(8-9-36-3)20(31)28-17(23(34)35)10-13-4-6-14(29)7-5-13/h4-7,12,15-17,19,29H,8-11,25H2,1-3H3,(H2,24,30)(H,26,32)(H,27,33)(H,28,31)(H,34,35). The minimum Gasteiger partial charge on any atom is -0.508 e. The van der Waals surface area contributed by atoms with Crippen molar-refractivity contribution in [3.8, 4) is 5.75 Å². The van der Waals surface area contributed by atoms with Gasteiger partial charge >= 0.3 is 5.97 Å². The molecule has 12 nitrogen and oxygen atoms in total. The van der Waals surface area contributed by atoms with Crippen molar-refractivity contribution in [2.45, 2.75) is 57.3 Å². The number of carboxylic acid groups (broad SMARTS) is 1. The van der Waals surface area contributed by atoms with E-state index in [1.807, 2.05) is 0 Å². The fraction of sp³-hybridized carbons (Fsp3) is 0.522. The average molecular weight is 526 g/mol. The number of phenols is 1. The Kier molecular flexibility index (Phi) is 12.7. The number of hydrogen-bond donors (Lipinski definition) is 7. The normalized spacial score (nSPS) is 14.2. The van der Waals surface area contributed by atoms with E-state index in [-0.39, 0.29) is 24.5 Å². The molecule has 0 bridgehead atoms. The Morgan fingerprint density at radius 1 is 0.917 bits per heavy atom. The maximum absolute atomic E-state index is 13.0. The van der Waals surface area contributed by atoms with Crippen molar-refractivity contribution in [1.29, 1.82) is 0 Å². The van der Waals surface area contributed by atoms with Crippen molar-refractivity contribution in [1.82, 2.24) is 16.0 Å². The Bertz CT molecular complexity index is 926. The van der Waals surface area contributed by atoms with Crippen molar-refractivity contribution in [2.75, 3.05) is 12.0 Å². The van der Waals surface area contributed by atoms with Crippen molar-refractivity contribution in [2.24, 2.45) is 17.4 Å². The first kappa shape index (κ1) is 30.7. The number of hydrogen-bond acceptors (Lipinski definition) is 8. The number of carboxylic acids is 1. The molecule has 36 heavy (non-hydrogen) atoms.